The molecular weight excluding hydrogens is 2460 g/mol. The Morgan fingerprint density at radius 3 is 0.614 bits per heavy atom. The molecule has 2 N–H and O–H groups in total. The molecule has 2 aliphatic heterocycles. The number of unbranched alkanes of at least 4 members (excludes halogenated alkanes) is 9. The molecule has 140 heavy (non-hydrogen) atoms. The number of ether oxygens (including phenoxy) is 4. The Kier molecular flexibility index (Phi) is 107. The summed E-state index contributed by atoms with van der Waals surface area (Å²) in [4.78, 5) is 27.7. The fourth-order valence-electron chi connectivity index (χ4n) is 9.90. The normalized spacial score (nSPS) is 20.7. The Morgan fingerprint density at radius 2 is 0.421 bits per heavy atom. The van der Waals surface area contributed by atoms with Crippen LogP contribution in [0.4, 0.5) is 0 Å². The molecule has 2 rings (SSSR count). The topological polar surface area (TPSA) is 1160 Å². The van der Waals surface area contributed by atoms with Crippen molar-refractivity contribution in [2.24, 2.45) is 0 Å². The summed E-state index contributed by atoms with van der Waals surface area (Å²) in [5, 5.41) is 3.30. The maximum atomic E-state index is 13.8. The van der Waals surface area contributed by atoms with Crippen LogP contribution in [0.15, 0.2) is 0 Å². The summed E-state index contributed by atoms with van der Waals surface area (Å²) in [5.41, 5.74) is 0. The molecule has 18 atom stereocenters. The average molecular weight is 2510 g/mol. The minimum Gasteiger partial charge on any atom is -0.726 e. The molecule has 0 radical (unpaired) electrons. The number of rotatable bonds is 61. The van der Waals surface area contributed by atoms with E-state index < -0.39 is 341 Å². The van der Waals surface area contributed by atoms with Crippen LogP contribution in [0.25, 0.3) is 0 Å². The number of nitrogens with one attached hydrogen (secondary N) is 2. The SMILES string of the molecule is O=C(NCCCCCCCCCCCCNC(=O)[C@H](OS(=O)(=O)[O-])[C@@H](OS(=O)(=O)[O-])[C@H](O[C@@H]1O[C@H](COS(=O)(=O)[O-])[C@H](OS(=O)(=O)[O-])[C@H](OS(=O)(=O)[O-])[C@H]1OS(=O)(=O)[O-])[C@@H](COS(=O)(=O)[O-])OS(=O)(=O)[O-])[C@H](OS(=O)(=O)[O-])[C@@H](OS(=O)(=O)[O-])[C@H](O[C@@H]1O[C@H](COS(=O)(=O)[O-])[C@H](OS(=O)(=O)[O-])[C@H](OS(=O)(=O)[O-])[C@H]1OS(=O)(=O)[O-])[C@@H](COS(=O)(=O)[O-])OS(=O)(=O)[O-].[Na+].[Na+].[Na+].[Na+].[Na+].[Na+].[Na+].[Na+].[Na+].[Na+].[Na+].[Na+].[Na+].[Na+].[Na+].[Na+]. The molecule has 0 aromatic rings. The van der Waals surface area contributed by atoms with Crippen LogP contribution >= 0.6 is 0 Å². The van der Waals surface area contributed by atoms with Crippen LogP contribution in [-0.2, 0) is 262 Å². The maximum absolute atomic E-state index is 13.8. The van der Waals surface area contributed by atoms with Crippen LogP contribution in [0.3, 0.4) is 0 Å². The van der Waals surface area contributed by atoms with Crippen molar-refractivity contribution in [1.29, 1.82) is 0 Å². The van der Waals surface area contributed by atoms with Crippen molar-refractivity contribution in [1.82, 2.24) is 10.6 Å². The monoisotopic (exact) mass is 2510 g/mol. The largest absolute Gasteiger partial charge is 1.00 e. The van der Waals surface area contributed by atoms with E-state index in [0.717, 1.165) is 0 Å². The second-order valence-electron chi connectivity index (χ2n) is 22.9. The third-order valence-corrected chi connectivity index (χ3v) is 20.9. The van der Waals surface area contributed by atoms with Crippen LogP contribution in [-0.4, -0.2) is 369 Å². The number of carbonyl (C=O) groups excluding carboxylic acids is 2. The summed E-state index contributed by atoms with van der Waals surface area (Å²) in [7, 11) is -107. The second kappa shape index (κ2) is 80.6. The zero-order valence-corrected chi connectivity index (χ0v) is 120. The van der Waals surface area contributed by atoms with E-state index in [2.05, 4.69) is 66.9 Å². The van der Waals surface area contributed by atoms with Gasteiger partial charge >= 0.3 is 473 Å². The quantitative estimate of drug-likeness (QED) is 0.0247. The molecule has 738 valence electrons. The van der Waals surface area contributed by atoms with E-state index in [-0.39, 0.29) is 524 Å². The van der Waals surface area contributed by atoms with Crippen LogP contribution in [0.1, 0.15) is 64.2 Å². The van der Waals surface area contributed by atoms with Crippen molar-refractivity contribution in [3.05, 3.63) is 0 Å². The van der Waals surface area contributed by atoms with Gasteiger partial charge in [0.2, 0.25) is 166 Å². The Labute approximate surface area is 1160 Å². The summed E-state index contributed by atoms with van der Waals surface area (Å²) in [6, 6.07) is 0. The van der Waals surface area contributed by atoms with Crippen molar-refractivity contribution in [3.8, 4) is 0 Å². The molecule has 2 heterocycles. The fraction of sp³-hybridized carbons (Fsp3) is 0.944. The number of hydrogen-bond acceptors (Lipinski definition) is 70. The molecule has 0 unspecified atom stereocenters. The molecule has 0 aromatic carbocycles. The van der Waals surface area contributed by atoms with Gasteiger partial charge in [0.05, 0.1) is 26.4 Å². The van der Waals surface area contributed by atoms with E-state index in [1.54, 1.807) is 10.6 Å². The van der Waals surface area contributed by atoms with E-state index in [1.165, 1.54) is 0 Å². The second-order valence-corrected chi connectivity index (χ2v) is 39.2. The molecule has 2 amide bonds. The summed E-state index contributed by atoms with van der Waals surface area (Å²) in [5.74, 6) is -4.83. The molecule has 2 fully saturated rings. The molecule has 0 aromatic heterocycles. The fourth-order valence-corrected chi connectivity index (χ4v) is 16.8. The van der Waals surface area contributed by atoms with E-state index >= 15 is 0 Å². The van der Waals surface area contributed by atoms with Crippen molar-refractivity contribution < 1.29 is 776 Å². The van der Waals surface area contributed by atoms with Gasteiger partial charge in [0.25, 0.3) is 11.8 Å². The summed E-state index contributed by atoms with van der Waals surface area (Å²) in [6.45, 7) is -11.9. The van der Waals surface area contributed by atoms with Gasteiger partial charge in [-0.1, -0.05) is 51.4 Å². The average Bonchev–Trinajstić information content (AvgIpc) is 0.761. The molecule has 0 aliphatic carbocycles. The third kappa shape index (κ3) is 90.0. The molecular formula is C36H52N2Na16O70S16. The zero-order chi connectivity index (χ0) is 96.4. The van der Waals surface area contributed by atoms with Gasteiger partial charge in [-0.3, -0.25) is 76.5 Å². The molecule has 0 spiro atoms. The predicted octanol–water partition coefficient (Wildman–Crippen LogP) is -64.5. The summed E-state index contributed by atoms with van der Waals surface area (Å²) >= 11 is 0. The molecule has 0 saturated carbocycles. The first kappa shape index (κ1) is 185. The Bertz CT molecular complexity index is 5280. The van der Waals surface area contributed by atoms with Gasteiger partial charge in [-0.05, 0) is 12.8 Å². The molecule has 0 bridgehead atoms. The van der Waals surface area contributed by atoms with Crippen LogP contribution in [0, 0.1) is 0 Å². The smallest absolute Gasteiger partial charge is 0.726 e. The van der Waals surface area contributed by atoms with Crippen molar-refractivity contribution in [2.75, 3.05) is 39.5 Å². The van der Waals surface area contributed by atoms with E-state index in [4.69, 9.17) is 18.9 Å². The number of carbonyl (C=O) groups is 2. The third-order valence-electron chi connectivity index (χ3n) is 13.7. The van der Waals surface area contributed by atoms with Crippen molar-refractivity contribution in [3.63, 3.8) is 0 Å². The zero-order valence-electron chi connectivity index (χ0n) is 74.8. The number of hydrogen-bond donors (Lipinski definition) is 2. The first-order chi connectivity index (χ1) is 55.3. The van der Waals surface area contributed by atoms with Crippen molar-refractivity contribution in [2.45, 2.75) is 174 Å². The molecule has 72 nitrogen and oxygen atoms in total. The van der Waals surface area contributed by atoms with E-state index in [0.29, 0.717) is 0 Å². The number of amides is 2. The predicted molar refractivity (Wildman–Crippen MR) is 337 cm³/mol. The summed E-state index contributed by atoms with van der Waals surface area (Å²) < 4.78 is 655. The van der Waals surface area contributed by atoms with Gasteiger partial charge in [0.15, 0.2) is 37.0 Å². The first-order valence-corrected chi connectivity index (χ1v) is 51.9. The summed E-state index contributed by atoms with van der Waals surface area (Å²) in [6.07, 6.45) is -70.7. The van der Waals surface area contributed by atoms with Crippen molar-refractivity contribution >= 4 is 178 Å². The van der Waals surface area contributed by atoms with Crippen LogP contribution < -0.4 is 484 Å². The molecule has 2 aliphatic rings. The van der Waals surface area contributed by atoms with Crippen LogP contribution in [0.5, 0.6) is 0 Å². The standard InChI is InChI=1S/C36H68N2O70S16.16Na/c39-33(29(105-121(77,78)79)25(101-117(65,66)67)21(19(97-113(53,54)55)15-91-111(47,48)49)95-35-31(107-123(83,84)85)27(103-119(71,72)73)23(99-115(59,60)61)17(93-35)13-89-109(41,42)43)37-11-9-7-5-3-1-2-4-6-8-10-12-38-34(40)30(106-122(80,81)82)26(102-118(68,69)70)22(20(98-114(56,57)58)16-92-112(50,51)52)96-36-32(108-124(86,87)88)28(104-120(74,75)76)24(100-116(62,63)64)18(94-36)14-90-110(44,45)46;;;;;;;;;;;;;;;;/h17-32,35-36H,1-16H2,(H,37,39)(H,38,40)(H,41,42,43)(H,44,45,46)(H,47,48,49)(H,50,51,52)(H,53,54,55)(H,56,57,58)(H,59,60,61)(H,62,63,64)(H,65,66,67)(H,68,69,70)(H,71,72,73)(H,74,75,76)(H,77,78,79)(H,80,81,82)(H,83,84,85)(H,86,87,88);;;;;;;;;;;;;;;;/q;16*+1/p-16/t17-,18-,19-,20-,21-,22-,23+,24+,25+,26+,27+,28+,29-,30-,31-,32-,35+,36+;;;;;;;;;;;;;;;;/m1................/s1. The van der Waals surface area contributed by atoms with Gasteiger partial charge in [-0.15, -0.1) is 0 Å². The van der Waals surface area contributed by atoms with Gasteiger partial charge in [0, 0.05) is 13.1 Å². The Morgan fingerprint density at radius 1 is 0.229 bits per heavy atom. The first-order valence-electron chi connectivity index (χ1n) is 30.5. The van der Waals surface area contributed by atoms with Crippen LogP contribution in [0.2, 0.25) is 0 Å². The Balaban J connectivity index is -0.000000751. The van der Waals surface area contributed by atoms with Gasteiger partial charge in [-0.2, -0.15) is 0 Å². The maximum Gasteiger partial charge on any atom is 1.00 e. The van der Waals surface area contributed by atoms with Gasteiger partial charge < -0.3 is 102 Å². The van der Waals surface area contributed by atoms with Gasteiger partial charge in [-0.25, -0.2) is 135 Å². The molecule has 104 heteroatoms. The minimum atomic E-state index is -7.00. The minimum absolute atomic E-state index is 0. The van der Waals surface area contributed by atoms with E-state index in [9.17, 15) is 217 Å². The Hall–Kier alpha value is 12.7. The van der Waals surface area contributed by atoms with E-state index in [1.807, 2.05) is 0 Å². The molecule has 2 saturated heterocycles. The van der Waals surface area contributed by atoms with Gasteiger partial charge in [0.1, 0.15) is 73.2 Å².